The van der Waals surface area contributed by atoms with E-state index < -0.39 is 0 Å². The first-order valence-electron chi connectivity index (χ1n) is 2.43. The second-order valence-corrected chi connectivity index (χ2v) is 2.08. The Morgan fingerprint density at radius 3 is 2.56 bits per heavy atom. The number of aryl methyl sites for hydroxylation is 1. The Bertz CT molecular complexity index is 165. The third-order valence-electron chi connectivity index (χ3n) is 1.02. The summed E-state index contributed by atoms with van der Waals surface area (Å²) in [6.45, 7) is 1.97. The molecule has 0 aliphatic heterocycles. The molecule has 2 heteroatoms. The summed E-state index contributed by atoms with van der Waals surface area (Å²) in [5.41, 5.74) is 1.10. The van der Waals surface area contributed by atoms with Crippen LogP contribution in [-0.4, -0.2) is 18.9 Å². The van der Waals surface area contributed by atoms with Crippen LogP contribution >= 0.6 is 11.6 Å². The maximum absolute atomic E-state index is 5.68. The third kappa shape index (κ3) is 2.45. The summed E-state index contributed by atoms with van der Waals surface area (Å²) < 4.78 is 0. The van der Waals surface area contributed by atoms with Gasteiger partial charge in [-0.2, -0.15) is 0 Å². The van der Waals surface area contributed by atoms with E-state index in [4.69, 9.17) is 11.6 Å². The Morgan fingerprint density at radius 1 is 1.56 bits per heavy atom. The van der Waals surface area contributed by atoms with Gasteiger partial charge in [0.1, 0.15) is 0 Å². The van der Waals surface area contributed by atoms with Gasteiger partial charge in [-0.15, -0.1) is 0 Å². The van der Waals surface area contributed by atoms with Crippen LogP contribution in [0.5, 0.6) is 0 Å². The average molecular weight is 134 g/mol. The molecule has 9 heavy (non-hydrogen) atoms. The van der Waals surface area contributed by atoms with Crippen LogP contribution in [0.1, 0.15) is 5.56 Å². The van der Waals surface area contributed by atoms with Crippen molar-refractivity contribution in [2.75, 3.05) is 0 Å². The van der Waals surface area contributed by atoms with Crippen LogP contribution in [0.4, 0.5) is 0 Å². The zero-order valence-corrected chi connectivity index (χ0v) is 5.37. The Kier molecular flexibility index (Phi) is 4.06. The molecule has 0 nitrogen and oxygen atoms in total. The molecule has 1 rings (SSSR count). The number of hydrogen-bond donors (Lipinski definition) is 0. The molecule has 0 aromatic heterocycles. The van der Waals surface area contributed by atoms with E-state index >= 15 is 0 Å². The van der Waals surface area contributed by atoms with Crippen molar-refractivity contribution < 1.29 is 0 Å². The van der Waals surface area contributed by atoms with Crippen molar-refractivity contribution in [2.45, 2.75) is 6.92 Å². The zero-order chi connectivity index (χ0) is 5.98. The summed E-state index contributed by atoms with van der Waals surface area (Å²) in [7, 11) is 0. The average Bonchev–Trinajstić information content (AvgIpc) is 1.77. The fourth-order valence-corrected chi connectivity index (χ4v) is 0.614. The van der Waals surface area contributed by atoms with Crippen molar-refractivity contribution >= 4 is 30.5 Å². The van der Waals surface area contributed by atoms with Gasteiger partial charge in [-0.3, -0.25) is 0 Å². The van der Waals surface area contributed by atoms with Crippen LogP contribution in [0, 0.1) is 13.0 Å². The van der Waals surface area contributed by atoms with Gasteiger partial charge in [-0.25, -0.2) is 0 Å². The molecular weight excluding hydrogens is 126 g/mol. The van der Waals surface area contributed by atoms with Gasteiger partial charge >= 0.3 is 18.9 Å². The number of benzene rings is 1. The van der Waals surface area contributed by atoms with Crippen LogP contribution in [0.25, 0.3) is 0 Å². The summed E-state index contributed by atoms with van der Waals surface area (Å²) in [5.74, 6) is 0. The van der Waals surface area contributed by atoms with Crippen LogP contribution < -0.4 is 0 Å². The van der Waals surface area contributed by atoms with E-state index in [1.165, 1.54) is 0 Å². The first kappa shape index (κ1) is 9.11. The van der Waals surface area contributed by atoms with Gasteiger partial charge < -0.3 is 0 Å². The summed E-state index contributed by atoms with van der Waals surface area (Å²) in [6, 6.07) is 8.41. The monoisotopic (exact) mass is 133 g/mol. The zero-order valence-electron chi connectivity index (χ0n) is 4.61. The first-order chi connectivity index (χ1) is 3.80. The molecule has 0 aliphatic carbocycles. The van der Waals surface area contributed by atoms with E-state index in [1.54, 1.807) is 6.07 Å². The van der Waals surface area contributed by atoms with E-state index in [2.05, 4.69) is 6.07 Å². The van der Waals surface area contributed by atoms with Gasteiger partial charge in [0, 0.05) is 5.02 Å². The quantitative estimate of drug-likeness (QED) is 0.474. The van der Waals surface area contributed by atoms with Crippen molar-refractivity contribution in [2.24, 2.45) is 0 Å². The Morgan fingerprint density at radius 2 is 2.22 bits per heavy atom. The Labute approximate surface area is 72.4 Å². The molecule has 0 aliphatic rings. The minimum atomic E-state index is 0. The molecule has 0 fully saturated rings. The minimum absolute atomic E-state index is 0. The van der Waals surface area contributed by atoms with Gasteiger partial charge in [-0.05, 0) is 24.6 Å². The Hall–Kier alpha value is 0.107. The third-order valence-corrected chi connectivity index (χ3v) is 1.42. The summed E-state index contributed by atoms with van der Waals surface area (Å²) in [6.07, 6.45) is 0. The van der Waals surface area contributed by atoms with Crippen molar-refractivity contribution in [3.63, 3.8) is 0 Å². The maximum atomic E-state index is 5.68. The van der Waals surface area contributed by atoms with Gasteiger partial charge in [0.25, 0.3) is 0 Å². The SMILES string of the molecule is Cc1cc[c]cc1Cl.[LiH]. The summed E-state index contributed by atoms with van der Waals surface area (Å²) in [4.78, 5) is 0. The van der Waals surface area contributed by atoms with Crippen LogP contribution in [0.15, 0.2) is 18.2 Å². The van der Waals surface area contributed by atoms with E-state index in [0.29, 0.717) is 0 Å². The van der Waals surface area contributed by atoms with Gasteiger partial charge in [0.05, 0.1) is 0 Å². The van der Waals surface area contributed by atoms with Crippen molar-refractivity contribution in [1.82, 2.24) is 0 Å². The van der Waals surface area contributed by atoms with Crippen molar-refractivity contribution in [3.8, 4) is 0 Å². The molecule has 0 unspecified atom stereocenters. The fraction of sp³-hybridized carbons (Fsp3) is 0.143. The normalized spacial score (nSPS) is 8.22. The summed E-state index contributed by atoms with van der Waals surface area (Å²) in [5, 5.41) is 0.785. The Balaban J connectivity index is 0.000000640. The molecule has 0 spiro atoms. The number of halogens is 1. The molecule has 0 saturated heterocycles. The summed E-state index contributed by atoms with van der Waals surface area (Å²) >= 11 is 5.68. The standard InChI is InChI=1S/C7H6Cl.Li.H/c1-6-4-2-3-5-7(6)8;;/h2,4-5H,1H3;;. The molecule has 0 N–H and O–H groups in total. The molecule has 1 aromatic rings. The van der Waals surface area contributed by atoms with Gasteiger partial charge in [0.2, 0.25) is 0 Å². The molecule has 0 atom stereocenters. The van der Waals surface area contributed by atoms with Crippen molar-refractivity contribution in [1.29, 1.82) is 0 Å². The predicted molar refractivity (Wildman–Crippen MR) is 42.2 cm³/mol. The van der Waals surface area contributed by atoms with Crippen LogP contribution in [0.3, 0.4) is 0 Å². The molecule has 43 valence electrons. The first-order valence-corrected chi connectivity index (χ1v) is 2.80. The van der Waals surface area contributed by atoms with E-state index in [1.807, 2.05) is 19.1 Å². The molecule has 0 saturated carbocycles. The fourth-order valence-electron chi connectivity index (χ4n) is 0.488. The van der Waals surface area contributed by atoms with Crippen LogP contribution in [0.2, 0.25) is 5.02 Å². The second kappa shape index (κ2) is 4.01. The predicted octanol–water partition coefficient (Wildman–Crippen LogP) is 1.80. The van der Waals surface area contributed by atoms with E-state index in [-0.39, 0.29) is 18.9 Å². The van der Waals surface area contributed by atoms with Gasteiger partial charge in [-0.1, -0.05) is 23.7 Å². The number of hydrogen-bond acceptors (Lipinski definition) is 0. The van der Waals surface area contributed by atoms with E-state index in [9.17, 15) is 0 Å². The molecule has 1 radical (unpaired) electrons. The molecule has 0 amide bonds. The second-order valence-electron chi connectivity index (χ2n) is 1.68. The molecular formula is C7H7ClLi. The van der Waals surface area contributed by atoms with Crippen LogP contribution in [-0.2, 0) is 0 Å². The topological polar surface area (TPSA) is 0 Å². The van der Waals surface area contributed by atoms with Gasteiger partial charge in [0.15, 0.2) is 0 Å². The molecule has 0 bridgehead atoms. The number of rotatable bonds is 0. The molecule has 0 heterocycles. The van der Waals surface area contributed by atoms with Crippen molar-refractivity contribution in [3.05, 3.63) is 34.9 Å². The molecule has 1 aromatic carbocycles. The van der Waals surface area contributed by atoms with E-state index in [0.717, 1.165) is 10.6 Å².